The molecule has 354 valence electrons. The Morgan fingerprint density at radius 3 is 1.35 bits per heavy atom. The molecule has 29 nitrogen and oxygen atoms in total. The lowest BCUT2D eigenvalue weighted by Gasteiger charge is -2.40. The van der Waals surface area contributed by atoms with Crippen molar-refractivity contribution in [2.75, 3.05) is 53.2 Å². The van der Waals surface area contributed by atoms with E-state index in [-0.39, 0.29) is 54.7 Å². The average molecular weight is 1020 g/mol. The molecule has 4 unspecified atom stereocenters. The first-order valence-electron chi connectivity index (χ1n) is 17.9. The van der Waals surface area contributed by atoms with E-state index in [0.717, 1.165) is 0 Å². The zero-order valence-electron chi connectivity index (χ0n) is 33.2. The van der Waals surface area contributed by atoms with Crippen LogP contribution < -0.4 is 10.6 Å². The van der Waals surface area contributed by atoms with Crippen molar-refractivity contribution in [2.45, 2.75) is 87.0 Å². The van der Waals surface area contributed by atoms with E-state index < -0.39 is 162 Å². The number of carboxylic acid groups (broad SMARTS) is 1. The van der Waals surface area contributed by atoms with E-state index in [1.165, 1.54) is 6.40 Å². The molecule has 30 heteroatoms. The number of halogens is 1. The molecule has 4 rings (SSSR count). The molecule has 0 radical (unpaired) electrons. The number of hydrogen-bond donors (Lipinski definition) is 12. The van der Waals surface area contributed by atoms with E-state index >= 15 is 0 Å². The molecule has 4 saturated heterocycles. The van der Waals surface area contributed by atoms with Gasteiger partial charge in [0.25, 0.3) is 23.6 Å². The van der Waals surface area contributed by atoms with Crippen LogP contribution >= 0.6 is 24.0 Å². The SMILES string of the molecule is I.O=C(COCOCC(=O)ON1C(=O)CCC1=O)NC1[C@H](O)OC(CO)[C@@H](O)[C@H]1O.O=C(O)COCOCC(=O)NC1[C@H](O)OC(CO)[C@@H](O)[C@H]1O.O=C1CCC(=O)N1O.[2H]C#C. The van der Waals surface area contributed by atoms with Gasteiger partial charge in [-0.3, -0.25) is 34.0 Å². The Balaban J connectivity index is 0.000000991. The first-order valence-corrected chi connectivity index (χ1v) is 17.4. The van der Waals surface area contributed by atoms with Crippen molar-refractivity contribution >= 4 is 71.4 Å². The zero-order chi connectivity index (χ0) is 47.1. The molecule has 6 amide bonds. The van der Waals surface area contributed by atoms with Gasteiger partial charge >= 0.3 is 11.9 Å². The molecule has 4 aliphatic heterocycles. The molecule has 0 spiro atoms. The molecule has 0 aromatic rings. The number of carbonyl (C=O) groups excluding carboxylic acids is 7. The quantitative estimate of drug-likeness (QED) is 0.0161. The highest BCUT2D eigenvalue weighted by molar-refractivity contribution is 14.0. The third kappa shape index (κ3) is 19.1. The molecular formula is C32H49IN4O25. The number of nitrogens with one attached hydrogen (secondary N) is 2. The summed E-state index contributed by atoms with van der Waals surface area (Å²) in [5.41, 5.74) is 0. The second-order valence-electron chi connectivity index (χ2n) is 12.3. The topological polar surface area (TPSA) is 434 Å². The van der Waals surface area contributed by atoms with Gasteiger partial charge in [-0.05, 0) is 0 Å². The van der Waals surface area contributed by atoms with Crippen LogP contribution in [0.2, 0.25) is 0 Å². The summed E-state index contributed by atoms with van der Waals surface area (Å²) in [5, 5.41) is 97.9. The van der Waals surface area contributed by atoms with Crippen LogP contribution in [0, 0.1) is 12.8 Å². The number of aliphatic carboxylic acids is 1. The maximum absolute atomic E-state index is 11.8. The van der Waals surface area contributed by atoms with Gasteiger partial charge < -0.3 is 89.9 Å². The highest BCUT2D eigenvalue weighted by Crippen LogP contribution is 2.21. The van der Waals surface area contributed by atoms with Gasteiger partial charge in [-0.25, -0.2) is 9.59 Å². The molecule has 0 saturated carbocycles. The minimum atomic E-state index is -1.67. The number of hydroxylamine groups is 4. The van der Waals surface area contributed by atoms with Crippen molar-refractivity contribution in [3.05, 3.63) is 0 Å². The summed E-state index contributed by atoms with van der Waals surface area (Å²) in [7, 11) is 0. The molecule has 4 aliphatic rings. The minimum absolute atomic E-state index is 0. The number of aliphatic hydroxyl groups excluding tert-OH is 8. The summed E-state index contributed by atoms with van der Waals surface area (Å²) in [5.74, 6) is -6.03. The second-order valence-corrected chi connectivity index (χ2v) is 12.3. The molecule has 0 aliphatic carbocycles. The second kappa shape index (κ2) is 30.0. The standard InChI is InChI=1S/C15H22N2O12.C11H19NO10.C4H5NO3.C2H2.HI/c18-3-7-13(23)14(24)12(15(25)28-7)16-8(19)4-26-6-27-5-11(22)29-17-9(20)1-2-10(17)21;13-1-5-9(17)10(18)8(11(19)22-5)12-6(14)2-20-4-21-3-7(15)16;6-3-1-2-4(7)5(3)8;1-2;/h7,12-15,18,23-25H,1-6H2,(H,16,19);5,8-11,13,17-19H,1-4H2,(H,12,14)(H,15,16);8H,1-2H2;1-2H;1H/t7?,12?,13-,14+,15-;5?,8?,9-,10+,11-;;;/m11.../s1/i;;;1D;. The van der Waals surface area contributed by atoms with Gasteiger partial charge in [-0.2, -0.15) is 5.06 Å². The number of nitrogens with zero attached hydrogens (tertiary/aromatic N) is 2. The molecule has 4 heterocycles. The average Bonchev–Trinajstić information content (AvgIpc) is 3.70. The normalized spacial score (nSPS) is 28.0. The van der Waals surface area contributed by atoms with Crippen molar-refractivity contribution in [2.24, 2.45) is 0 Å². The van der Waals surface area contributed by atoms with Gasteiger partial charge in [0.2, 0.25) is 11.8 Å². The first kappa shape index (κ1) is 55.9. The van der Waals surface area contributed by atoms with Gasteiger partial charge in [0, 0.05) is 25.7 Å². The number of amides is 6. The van der Waals surface area contributed by atoms with Gasteiger partial charge in [0.15, 0.2) is 12.6 Å². The molecule has 62 heavy (non-hydrogen) atoms. The van der Waals surface area contributed by atoms with Crippen LogP contribution in [0.3, 0.4) is 0 Å². The van der Waals surface area contributed by atoms with Crippen LogP contribution in [0.5, 0.6) is 0 Å². The Bertz CT molecular complexity index is 1530. The number of imide groups is 2. The molecule has 10 atom stereocenters. The fourth-order valence-corrected chi connectivity index (χ4v) is 4.95. The summed E-state index contributed by atoms with van der Waals surface area (Å²) in [6.45, 7) is -4.54. The van der Waals surface area contributed by atoms with E-state index in [1.807, 2.05) is 0 Å². The highest BCUT2D eigenvalue weighted by atomic mass is 127. The predicted molar refractivity (Wildman–Crippen MR) is 200 cm³/mol. The minimum Gasteiger partial charge on any atom is -0.480 e. The summed E-state index contributed by atoms with van der Waals surface area (Å²) in [6, 6.07) is -2.68. The van der Waals surface area contributed by atoms with E-state index in [0.29, 0.717) is 5.06 Å². The van der Waals surface area contributed by atoms with Gasteiger partial charge in [0.1, 0.15) is 90.1 Å². The summed E-state index contributed by atoms with van der Waals surface area (Å²) in [4.78, 5) is 92.5. The van der Waals surface area contributed by atoms with E-state index in [9.17, 15) is 69.0 Å². The third-order valence-electron chi connectivity index (χ3n) is 7.92. The van der Waals surface area contributed by atoms with Crippen LogP contribution in [0.1, 0.15) is 27.1 Å². The van der Waals surface area contributed by atoms with Crippen LogP contribution in [0.4, 0.5) is 0 Å². The number of hydrogen-bond acceptors (Lipinski definition) is 24. The van der Waals surface area contributed by atoms with Gasteiger partial charge in [-0.1, -0.05) is 0 Å². The van der Waals surface area contributed by atoms with E-state index in [1.54, 1.807) is 0 Å². The van der Waals surface area contributed by atoms with Crippen LogP contribution in [0.15, 0.2) is 0 Å². The maximum Gasteiger partial charge on any atom is 0.358 e. The highest BCUT2D eigenvalue weighted by Gasteiger charge is 2.45. The number of ether oxygens (including phenoxy) is 6. The number of terminal acetylenes is 1. The van der Waals surface area contributed by atoms with E-state index in [4.69, 9.17) is 45.6 Å². The summed E-state index contributed by atoms with van der Waals surface area (Å²) >= 11 is 0. The first-order chi connectivity index (χ1) is 29.2. The molecule has 0 aromatic carbocycles. The lowest BCUT2D eigenvalue weighted by Crippen LogP contribution is -2.64. The Morgan fingerprint density at radius 2 is 1.02 bits per heavy atom. The van der Waals surface area contributed by atoms with Crippen molar-refractivity contribution in [3.63, 3.8) is 0 Å². The van der Waals surface area contributed by atoms with Gasteiger partial charge in [-0.15, -0.1) is 41.9 Å². The Hall–Kier alpha value is -4.15. The third-order valence-corrected chi connectivity index (χ3v) is 7.92. The number of aliphatic hydroxyl groups is 8. The Labute approximate surface area is 368 Å². The number of carbonyl (C=O) groups is 8. The molecule has 0 bridgehead atoms. The van der Waals surface area contributed by atoms with Crippen LogP contribution in [0.25, 0.3) is 0 Å². The van der Waals surface area contributed by atoms with Gasteiger partial charge in [0.05, 0.1) is 13.2 Å². The largest absolute Gasteiger partial charge is 0.480 e. The van der Waals surface area contributed by atoms with Crippen molar-refractivity contribution in [1.29, 1.82) is 0 Å². The van der Waals surface area contributed by atoms with Crippen LogP contribution in [-0.2, 0) is 71.6 Å². The number of carboxylic acids is 1. The maximum atomic E-state index is 11.8. The number of rotatable bonds is 17. The predicted octanol–water partition coefficient (Wildman–Crippen LogP) is -8.13. The fourth-order valence-electron chi connectivity index (χ4n) is 4.95. The Morgan fingerprint density at radius 1 is 0.661 bits per heavy atom. The summed E-state index contributed by atoms with van der Waals surface area (Å²) < 4.78 is 34.4. The van der Waals surface area contributed by atoms with Crippen molar-refractivity contribution in [3.8, 4) is 12.8 Å². The molecule has 12 N–H and O–H groups in total. The zero-order valence-corrected chi connectivity index (χ0v) is 34.6. The lowest BCUT2D eigenvalue weighted by atomic mass is 9.97. The monoisotopic (exact) mass is 1020 g/mol. The van der Waals surface area contributed by atoms with Crippen molar-refractivity contribution in [1.82, 2.24) is 20.8 Å². The molecule has 4 fully saturated rings. The molecular weight excluding hydrogens is 967 g/mol. The van der Waals surface area contributed by atoms with Crippen molar-refractivity contribution < 1.29 is 124 Å². The fraction of sp³-hybridized carbons (Fsp3) is 0.688. The molecule has 0 aromatic heterocycles. The smallest absolute Gasteiger partial charge is 0.358 e. The van der Waals surface area contributed by atoms with E-state index in [2.05, 4.69) is 26.6 Å². The Kier molecular flexibility index (Phi) is 27.1. The summed E-state index contributed by atoms with van der Waals surface area (Å²) in [6.07, 6.45) is -5.85. The van der Waals surface area contributed by atoms with Crippen LogP contribution in [-0.4, -0.2) is 223 Å². The lowest BCUT2D eigenvalue weighted by molar-refractivity contribution is -0.254.